The molecule has 0 aromatic heterocycles. The molecular formula is C13H24O4. The second-order valence-electron chi connectivity index (χ2n) is 4.68. The van der Waals surface area contributed by atoms with Crippen LogP contribution in [0.2, 0.25) is 0 Å². The molecule has 0 aromatic carbocycles. The van der Waals surface area contributed by atoms with Gasteiger partial charge in [0.2, 0.25) is 0 Å². The van der Waals surface area contributed by atoms with Crippen molar-refractivity contribution in [2.45, 2.75) is 45.1 Å². The highest BCUT2D eigenvalue weighted by Crippen LogP contribution is 2.41. The number of esters is 1. The maximum atomic E-state index is 12.1. The summed E-state index contributed by atoms with van der Waals surface area (Å²) in [4.78, 5) is 12.1. The maximum absolute atomic E-state index is 12.1. The molecule has 0 atom stereocenters. The number of hydrogen-bond donors (Lipinski definition) is 0. The second-order valence-corrected chi connectivity index (χ2v) is 4.68. The first-order valence-electron chi connectivity index (χ1n) is 6.37. The zero-order valence-corrected chi connectivity index (χ0v) is 11.2. The molecule has 0 radical (unpaired) electrons. The van der Waals surface area contributed by atoms with E-state index in [9.17, 15) is 4.79 Å². The van der Waals surface area contributed by atoms with Gasteiger partial charge in [-0.2, -0.15) is 0 Å². The van der Waals surface area contributed by atoms with E-state index in [-0.39, 0.29) is 11.4 Å². The summed E-state index contributed by atoms with van der Waals surface area (Å²) in [5.74, 6) is -0.0633. The molecule has 1 saturated carbocycles. The summed E-state index contributed by atoms with van der Waals surface area (Å²) in [5, 5.41) is 0. The molecule has 0 heterocycles. The highest BCUT2D eigenvalue weighted by Gasteiger charge is 2.42. The number of hydrogen-bond acceptors (Lipinski definition) is 4. The second kappa shape index (κ2) is 6.97. The average Bonchev–Trinajstić information content (AvgIpc) is 2.37. The number of rotatable bonds is 6. The Kier molecular flexibility index (Phi) is 5.92. The van der Waals surface area contributed by atoms with Crippen LogP contribution in [0, 0.1) is 5.41 Å². The van der Waals surface area contributed by atoms with Crippen molar-refractivity contribution in [3.63, 3.8) is 0 Å². The zero-order chi connectivity index (χ0) is 12.7. The molecule has 0 aromatic rings. The predicted molar refractivity (Wildman–Crippen MR) is 64.8 cm³/mol. The third kappa shape index (κ3) is 3.68. The van der Waals surface area contributed by atoms with Gasteiger partial charge in [-0.15, -0.1) is 0 Å². The molecule has 1 fully saturated rings. The Hall–Kier alpha value is -0.610. The SMILES string of the molecule is CCOC(=O)C1(CCOC)CCC(OC)CC1. The Morgan fingerprint density at radius 1 is 1.29 bits per heavy atom. The van der Waals surface area contributed by atoms with Gasteiger partial charge in [-0.05, 0) is 39.0 Å². The molecule has 0 N–H and O–H groups in total. The van der Waals surface area contributed by atoms with Crippen LogP contribution in [0.1, 0.15) is 39.0 Å². The summed E-state index contributed by atoms with van der Waals surface area (Å²) < 4.78 is 15.7. The van der Waals surface area contributed by atoms with E-state index in [2.05, 4.69) is 0 Å². The van der Waals surface area contributed by atoms with Gasteiger partial charge >= 0.3 is 5.97 Å². The molecule has 1 aliphatic carbocycles. The number of methoxy groups -OCH3 is 2. The van der Waals surface area contributed by atoms with Crippen molar-refractivity contribution in [2.24, 2.45) is 5.41 Å². The van der Waals surface area contributed by atoms with Gasteiger partial charge in [0.05, 0.1) is 18.1 Å². The van der Waals surface area contributed by atoms with Gasteiger partial charge in [-0.3, -0.25) is 4.79 Å². The van der Waals surface area contributed by atoms with E-state index in [0.717, 1.165) is 32.1 Å². The maximum Gasteiger partial charge on any atom is 0.312 e. The Labute approximate surface area is 104 Å². The van der Waals surface area contributed by atoms with Crippen LogP contribution in [0.3, 0.4) is 0 Å². The minimum Gasteiger partial charge on any atom is -0.466 e. The van der Waals surface area contributed by atoms with Crippen LogP contribution in [-0.4, -0.2) is 39.5 Å². The minimum absolute atomic E-state index is 0.0633. The summed E-state index contributed by atoms with van der Waals surface area (Å²) in [6, 6.07) is 0. The van der Waals surface area contributed by atoms with Crippen LogP contribution in [0.4, 0.5) is 0 Å². The normalized spacial score (nSPS) is 29.0. The first kappa shape index (κ1) is 14.5. The summed E-state index contributed by atoms with van der Waals surface area (Å²) in [7, 11) is 3.40. The summed E-state index contributed by atoms with van der Waals surface area (Å²) in [6.45, 7) is 2.90. The molecule has 0 spiro atoms. The molecule has 0 unspecified atom stereocenters. The van der Waals surface area contributed by atoms with Crippen molar-refractivity contribution in [3.05, 3.63) is 0 Å². The largest absolute Gasteiger partial charge is 0.466 e. The van der Waals surface area contributed by atoms with E-state index >= 15 is 0 Å². The summed E-state index contributed by atoms with van der Waals surface area (Å²) in [5.41, 5.74) is -0.346. The molecular weight excluding hydrogens is 220 g/mol. The standard InChI is InChI=1S/C13H24O4/c1-4-17-12(14)13(9-10-15-2)7-5-11(16-3)6-8-13/h11H,4-10H2,1-3H3. The van der Waals surface area contributed by atoms with E-state index in [0.29, 0.717) is 19.3 Å². The average molecular weight is 244 g/mol. The van der Waals surface area contributed by atoms with Crippen LogP contribution in [-0.2, 0) is 19.0 Å². The van der Waals surface area contributed by atoms with Crippen LogP contribution in [0.5, 0.6) is 0 Å². The Morgan fingerprint density at radius 2 is 1.94 bits per heavy atom. The topological polar surface area (TPSA) is 44.8 Å². The van der Waals surface area contributed by atoms with Crippen molar-refractivity contribution in [1.82, 2.24) is 0 Å². The van der Waals surface area contributed by atoms with Crippen molar-refractivity contribution in [2.75, 3.05) is 27.4 Å². The summed E-state index contributed by atoms with van der Waals surface area (Å²) >= 11 is 0. The Bertz CT molecular complexity index is 232. The van der Waals surface area contributed by atoms with Crippen LogP contribution < -0.4 is 0 Å². The number of carbonyl (C=O) groups excluding carboxylic acids is 1. The monoisotopic (exact) mass is 244 g/mol. The fourth-order valence-corrected chi connectivity index (χ4v) is 2.52. The van der Waals surface area contributed by atoms with Crippen LogP contribution >= 0.6 is 0 Å². The first-order valence-corrected chi connectivity index (χ1v) is 6.37. The molecule has 4 nitrogen and oxygen atoms in total. The summed E-state index contributed by atoms with van der Waals surface area (Å²) in [6.07, 6.45) is 4.58. The molecule has 1 rings (SSSR count). The molecule has 4 heteroatoms. The lowest BCUT2D eigenvalue weighted by Crippen LogP contribution is -2.39. The molecule has 1 aliphatic rings. The van der Waals surface area contributed by atoms with Gasteiger partial charge < -0.3 is 14.2 Å². The lowest BCUT2D eigenvalue weighted by atomic mass is 9.71. The van der Waals surface area contributed by atoms with Gasteiger partial charge in [0.1, 0.15) is 0 Å². The van der Waals surface area contributed by atoms with E-state index < -0.39 is 0 Å². The van der Waals surface area contributed by atoms with Crippen molar-refractivity contribution in [3.8, 4) is 0 Å². The van der Waals surface area contributed by atoms with E-state index in [1.807, 2.05) is 6.92 Å². The zero-order valence-electron chi connectivity index (χ0n) is 11.2. The van der Waals surface area contributed by atoms with Gasteiger partial charge in [-0.25, -0.2) is 0 Å². The molecule has 0 amide bonds. The van der Waals surface area contributed by atoms with E-state index in [1.165, 1.54) is 0 Å². The quantitative estimate of drug-likeness (QED) is 0.672. The van der Waals surface area contributed by atoms with Crippen LogP contribution in [0.25, 0.3) is 0 Å². The van der Waals surface area contributed by atoms with Gasteiger partial charge in [0.25, 0.3) is 0 Å². The van der Waals surface area contributed by atoms with Gasteiger partial charge in [0.15, 0.2) is 0 Å². The number of carbonyl (C=O) groups is 1. The van der Waals surface area contributed by atoms with Crippen LogP contribution in [0.15, 0.2) is 0 Å². The lowest BCUT2D eigenvalue weighted by molar-refractivity contribution is -0.160. The fraction of sp³-hybridized carbons (Fsp3) is 0.923. The number of ether oxygens (including phenoxy) is 3. The van der Waals surface area contributed by atoms with Crippen molar-refractivity contribution in [1.29, 1.82) is 0 Å². The molecule has 0 saturated heterocycles. The minimum atomic E-state index is -0.346. The third-order valence-corrected chi connectivity index (χ3v) is 3.72. The predicted octanol–water partition coefficient (Wildman–Crippen LogP) is 2.16. The Morgan fingerprint density at radius 3 is 2.41 bits per heavy atom. The first-order chi connectivity index (χ1) is 8.18. The third-order valence-electron chi connectivity index (χ3n) is 3.72. The van der Waals surface area contributed by atoms with Gasteiger partial charge in [-0.1, -0.05) is 0 Å². The highest BCUT2D eigenvalue weighted by molar-refractivity contribution is 5.77. The fourth-order valence-electron chi connectivity index (χ4n) is 2.52. The molecule has 0 aliphatic heterocycles. The Balaban J connectivity index is 2.63. The van der Waals surface area contributed by atoms with E-state index in [4.69, 9.17) is 14.2 Å². The highest BCUT2D eigenvalue weighted by atomic mass is 16.5. The lowest BCUT2D eigenvalue weighted by Gasteiger charge is -2.37. The molecule has 17 heavy (non-hydrogen) atoms. The molecule has 100 valence electrons. The van der Waals surface area contributed by atoms with E-state index in [1.54, 1.807) is 14.2 Å². The molecule has 0 bridgehead atoms. The van der Waals surface area contributed by atoms with Crippen molar-refractivity contribution < 1.29 is 19.0 Å². The van der Waals surface area contributed by atoms with Crippen molar-refractivity contribution >= 4 is 5.97 Å². The van der Waals surface area contributed by atoms with Gasteiger partial charge in [0, 0.05) is 20.8 Å². The smallest absolute Gasteiger partial charge is 0.312 e.